The second-order valence-corrected chi connectivity index (χ2v) is 4.35. The molecule has 76 valence electrons. The van der Waals surface area contributed by atoms with E-state index in [4.69, 9.17) is 4.74 Å². The van der Waals surface area contributed by atoms with Gasteiger partial charge < -0.3 is 15.2 Å². The fourth-order valence-corrected chi connectivity index (χ4v) is 1.79. The molecule has 0 amide bonds. The van der Waals surface area contributed by atoms with Gasteiger partial charge in [-0.25, -0.2) is 0 Å². The third-order valence-corrected chi connectivity index (χ3v) is 2.94. The van der Waals surface area contributed by atoms with Crippen LogP contribution in [-0.2, 0) is 4.74 Å². The molecule has 0 aromatic carbocycles. The summed E-state index contributed by atoms with van der Waals surface area (Å²) in [4.78, 5) is 0. The molecule has 1 unspecified atom stereocenters. The molecule has 1 aliphatic heterocycles. The Labute approximate surface area is 79.5 Å². The molecule has 1 atom stereocenters. The first-order chi connectivity index (χ1) is 6.29. The van der Waals surface area contributed by atoms with Gasteiger partial charge in [0.05, 0.1) is 5.60 Å². The lowest BCUT2D eigenvalue weighted by Gasteiger charge is -2.26. The van der Waals surface area contributed by atoms with Gasteiger partial charge in [0.1, 0.15) is 0 Å². The zero-order chi connectivity index (χ0) is 9.15. The van der Waals surface area contributed by atoms with Crippen LogP contribution in [0, 0.1) is 0 Å². The van der Waals surface area contributed by atoms with Gasteiger partial charge in [0.2, 0.25) is 0 Å². The van der Waals surface area contributed by atoms with Crippen LogP contribution < -0.4 is 5.32 Å². The second-order valence-electron chi connectivity index (χ2n) is 4.35. The lowest BCUT2D eigenvalue weighted by molar-refractivity contribution is 0.0187. The monoisotopic (exact) mass is 185 g/mol. The first kappa shape index (κ1) is 9.44. The van der Waals surface area contributed by atoms with Crippen LogP contribution in [0.5, 0.6) is 0 Å². The van der Waals surface area contributed by atoms with E-state index in [-0.39, 0.29) is 0 Å². The summed E-state index contributed by atoms with van der Waals surface area (Å²) in [5.74, 6) is 0. The molecule has 1 heterocycles. The number of rotatable bonds is 3. The van der Waals surface area contributed by atoms with Crippen molar-refractivity contribution >= 4 is 0 Å². The predicted molar refractivity (Wildman–Crippen MR) is 50.6 cm³/mol. The topological polar surface area (TPSA) is 41.5 Å². The fourth-order valence-electron chi connectivity index (χ4n) is 1.79. The summed E-state index contributed by atoms with van der Waals surface area (Å²) >= 11 is 0. The minimum atomic E-state index is -0.501. The molecule has 2 rings (SSSR count). The van der Waals surface area contributed by atoms with Crippen molar-refractivity contribution in [1.29, 1.82) is 0 Å². The molecule has 3 heteroatoms. The lowest BCUT2D eigenvalue weighted by Crippen LogP contribution is -2.41. The third-order valence-electron chi connectivity index (χ3n) is 2.94. The minimum Gasteiger partial charge on any atom is -0.388 e. The van der Waals surface area contributed by atoms with Crippen LogP contribution in [0.2, 0.25) is 0 Å². The molecule has 2 fully saturated rings. The molecule has 0 aromatic heterocycles. The van der Waals surface area contributed by atoms with E-state index < -0.39 is 5.60 Å². The Bertz CT molecular complexity index is 160. The van der Waals surface area contributed by atoms with E-state index in [1.54, 1.807) is 0 Å². The summed E-state index contributed by atoms with van der Waals surface area (Å²) in [6.07, 6.45) is 5.22. The first-order valence-corrected chi connectivity index (χ1v) is 5.32. The van der Waals surface area contributed by atoms with Crippen molar-refractivity contribution < 1.29 is 9.84 Å². The van der Waals surface area contributed by atoms with Crippen LogP contribution >= 0.6 is 0 Å². The van der Waals surface area contributed by atoms with Gasteiger partial charge in [0.25, 0.3) is 0 Å². The molecule has 1 aliphatic carbocycles. The highest BCUT2D eigenvalue weighted by Crippen LogP contribution is 2.23. The van der Waals surface area contributed by atoms with Gasteiger partial charge in [-0.1, -0.05) is 0 Å². The molecular weight excluding hydrogens is 166 g/mol. The van der Waals surface area contributed by atoms with Crippen molar-refractivity contribution in [3.8, 4) is 0 Å². The Kier molecular flexibility index (Phi) is 2.86. The van der Waals surface area contributed by atoms with Crippen molar-refractivity contribution in [2.75, 3.05) is 19.8 Å². The Morgan fingerprint density at radius 3 is 2.92 bits per heavy atom. The van der Waals surface area contributed by atoms with E-state index in [2.05, 4.69) is 5.32 Å². The normalized spacial score (nSPS) is 35.8. The number of ether oxygens (including phenoxy) is 1. The van der Waals surface area contributed by atoms with Crippen molar-refractivity contribution in [3.05, 3.63) is 0 Å². The molecular formula is C10H19NO2. The van der Waals surface area contributed by atoms with Gasteiger partial charge in [-0.15, -0.1) is 0 Å². The van der Waals surface area contributed by atoms with Crippen molar-refractivity contribution in [3.63, 3.8) is 0 Å². The summed E-state index contributed by atoms with van der Waals surface area (Å²) in [6.45, 7) is 2.27. The average Bonchev–Trinajstić information content (AvgIpc) is 2.89. The van der Waals surface area contributed by atoms with E-state index in [1.807, 2.05) is 0 Å². The van der Waals surface area contributed by atoms with Gasteiger partial charge in [-0.05, 0) is 25.7 Å². The number of aliphatic hydroxyl groups is 1. The zero-order valence-electron chi connectivity index (χ0n) is 8.09. The van der Waals surface area contributed by atoms with E-state index in [1.165, 1.54) is 12.8 Å². The second kappa shape index (κ2) is 3.95. The predicted octanol–water partition coefficient (Wildman–Crippen LogP) is 0.670. The highest BCUT2D eigenvalue weighted by Gasteiger charge is 2.30. The van der Waals surface area contributed by atoms with Crippen molar-refractivity contribution in [2.45, 2.75) is 43.7 Å². The minimum absolute atomic E-state index is 0.501. The number of hydrogen-bond acceptors (Lipinski definition) is 3. The van der Waals surface area contributed by atoms with Crippen LogP contribution in [0.3, 0.4) is 0 Å². The first-order valence-electron chi connectivity index (χ1n) is 5.32. The Morgan fingerprint density at radius 2 is 2.15 bits per heavy atom. The lowest BCUT2D eigenvalue weighted by atomic mass is 9.95. The summed E-state index contributed by atoms with van der Waals surface area (Å²) in [5.41, 5.74) is -0.501. The van der Waals surface area contributed by atoms with Gasteiger partial charge in [0, 0.05) is 32.2 Å². The Morgan fingerprint density at radius 1 is 1.31 bits per heavy atom. The average molecular weight is 185 g/mol. The van der Waals surface area contributed by atoms with E-state index in [9.17, 15) is 5.11 Å². The highest BCUT2D eigenvalue weighted by atomic mass is 16.5. The van der Waals surface area contributed by atoms with E-state index in [0.717, 1.165) is 32.4 Å². The number of nitrogens with one attached hydrogen (secondary N) is 1. The molecule has 2 aliphatic rings. The quantitative estimate of drug-likeness (QED) is 0.679. The molecule has 0 bridgehead atoms. The van der Waals surface area contributed by atoms with Gasteiger partial charge in [-0.3, -0.25) is 0 Å². The maximum Gasteiger partial charge on any atom is 0.0794 e. The summed E-state index contributed by atoms with van der Waals surface area (Å²) in [6, 6.07) is 0.688. The summed E-state index contributed by atoms with van der Waals surface area (Å²) in [7, 11) is 0. The smallest absolute Gasteiger partial charge is 0.0794 e. The number of hydrogen-bond donors (Lipinski definition) is 2. The molecule has 0 aromatic rings. The third kappa shape index (κ3) is 2.93. The SMILES string of the molecule is OC1(CNC2CC2)CCCOCC1. The van der Waals surface area contributed by atoms with Crippen LogP contribution in [0.25, 0.3) is 0 Å². The molecule has 13 heavy (non-hydrogen) atoms. The molecule has 1 saturated heterocycles. The zero-order valence-corrected chi connectivity index (χ0v) is 8.09. The standard InChI is InChI=1S/C10H19NO2/c12-10(8-11-9-2-3-9)4-1-6-13-7-5-10/h9,11-12H,1-8H2. The van der Waals surface area contributed by atoms with Crippen molar-refractivity contribution in [2.24, 2.45) is 0 Å². The maximum atomic E-state index is 10.2. The summed E-state index contributed by atoms with van der Waals surface area (Å²) < 4.78 is 5.32. The van der Waals surface area contributed by atoms with Gasteiger partial charge >= 0.3 is 0 Å². The van der Waals surface area contributed by atoms with Crippen LogP contribution in [0.15, 0.2) is 0 Å². The highest BCUT2D eigenvalue weighted by molar-refractivity contribution is 4.88. The van der Waals surface area contributed by atoms with Crippen molar-refractivity contribution in [1.82, 2.24) is 5.32 Å². The van der Waals surface area contributed by atoms with Gasteiger partial charge in [-0.2, -0.15) is 0 Å². The maximum absolute atomic E-state index is 10.2. The van der Waals surface area contributed by atoms with Crippen LogP contribution in [-0.4, -0.2) is 36.5 Å². The van der Waals surface area contributed by atoms with E-state index >= 15 is 0 Å². The summed E-state index contributed by atoms with van der Waals surface area (Å²) in [5, 5.41) is 13.6. The van der Waals surface area contributed by atoms with E-state index in [0.29, 0.717) is 12.6 Å². The molecule has 2 N–H and O–H groups in total. The van der Waals surface area contributed by atoms with Gasteiger partial charge in [0.15, 0.2) is 0 Å². The Balaban J connectivity index is 1.76. The molecule has 3 nitrogen and oxygen atoms in total. The molecule has 0 radical (unpaired) electrons. The van der Waals surface area contributed by atoms with Crippen LogP contribution in [0.4, 0.5) is 0 Å². The largest absolute Gasteiger partial charge is 0.388 e. The Hall–Kier alpha value is -0.120. The molecule has 0 spiro atoms. The van der Waals surface area contributed by atoms with Crippen LogP contribution in [0.1, 0.15) is 32.1 Å². The fraction of sp³-hybridized carbons (Fsp3) is 1.00. The molecule has 1 saturated carbocycles.